The first-order chi connectivity index (χ1) is 9.49. The molecule has 20 heavy (non-hydrogen) atoms. The lowest BCUT2D eigenvalue weighted by Gasteiger charge is -2.04. The van der Waals surface area contributed by atoms with Gasteiger partial charge in [-0.05, 0) is 12.0 Å². The molecule has 0 atom stereocenters. The van der Waals surface area contributed by atoms with Crippen molar-refractivity contribution in [3.63, 3.8) is 0 Å². The fourth-order valence-corrected chi connectivity index (χ4v) is 2.52. The van der Waals surface area contributed by atoms with Crippen LogP contribution < -0.4 is 4.72 Å². The van der Waals surface area contributed by atoms with Crippen molar-refractivity contribution in [2.24, 2.45) is 0 Å². The van der Waals surface area contributed by atoms with Crippen LogP contribution in [0.3, 0.4) is 0 Å². The Bertz CT molecular complexity index is 680. The predicted molar refractivity (Wildman–Crippen MR) is 70.6 cm³/mol. The number of sulfonamides is 1. The van der Waals surface area contributed by atoms with E-state index in [0.717, 1.165) is 5.56 Å². The molecule has 0 bridgehead atoms. The highest BCUT2D eigenvalue weighted by atomic mass is 32.2. The number of H-pyrrole nitrogens is 1. The zero-order valence-electron chi connectivity index (χ0n) is 10.3. The van der Waals surface area contributed by atoms with Gasteiger partial charge < -0.3 is 4.98 Å². The van der Waals surface area contributed by atoms with Crippen molar-refractivity contribution in [1.82, 2.24) is 14.7 Å². The molecule has 0 saturated carbocycles. The molecule has 9 heteroatoms. The van der Waals surface area contributed by atoms with Gasteiger partial charge in [-0.1, -0.05) is 12.1 Å². The summed E-state index contributed by atoms with van der Waals surface area (Å²) in [4.78, 5) is 16.2. The Hall–Kier alpha value is -2.26. The van der Waals surface area contributed by atoms with E-state index >= 15 is 0 Å². The number of nitrogens with zero attached hydrogens (tertiary/aromatic N) is 2. The lowest BCUT2D eigenvalue weighted by atomic mass is 10.1. The Morgan fingerprint density at radius 1 is 1.30 bits per heavy atom. The average molecular weight is 296 g/mol. The van der Waals surface area contributed by atoms with E-state index in [9.17, 15) is 18.5 Å². The first kappa shape index (κ1) is 14.2. The number of nitrogens with one attached hydrogen (secondary N) is 2. The van der Waals surface area contributed by atoms with Crippen molar-refractivity contribution in [3.05, 3.63) is 52.5 Å². The molecule has 1 aromatic heterocycles. The van der Waals surface area contributed by atoms with Gasteiger partial charge in [0.15, 0.2) is 5.03 Å². The van der Waals surface area contributed by atoms with Crippen LogP contribution in [0.4, 0.5) is 5.69 Å². The normalized spacial score (nSPS) is 11.4. The van der Waals surface area contributed by atoms with Gasteiger partial charge in [-0.25, -0.2) is 18.1 Å². The summed E-state index contributed by atoms with van der Waals surface area (Å²) in [6.45, 7) is 0.194. The Kier molecular flexibility index (Phi) is 4.11. The van der Waals surface area contributed by atoms with Gasteiger partial charge in [0.05, 0.1) is 17.4 Å². The van der Waals surface area contributed by atoms with Crippen molar-refractivity contribution < 1.29 is 13.3 Å². The maximum atomic E-state index is 11.8. The molecule has 106 valence electrons. The molecular formula is C11H12N4O4S. The monoisotopic (exact) mass is 296 g/mol. The van der Waals surface area contributed by atoms with Crippen molar-refractivity contribution in [3.8, 4) is 0 Å². The highest BCUT2D eigenvalue weighted by molar-refractivity contribution is 7.89. The largest absolute Gasteiger partial charge is 0.335 e. The maximum Gasteiger partial charge on any atom is 0.269 e. The van der Waals surface area contributed by atoms with E-state index in [1.807, 2.05) is 0 Å². The number of aromatic nitrogens is 2. The minimum Gasteiger partial charge on any atom is -0.335 e. The summed E-state index contributed by atoms with van der Waals surface area (Å²) in [5.74, 6) is 0. The summed E-state index contributed by atoms with van der Waals surface area (Å²) in [6.07, 6.45) is 2.93. The Labute approximate surface area is 115 Å². The topological polar surface area (TPSA) is 118 Å². The van der Waals surface area contributed by atoms with Crippen LogP contribution in [0.1, 0.15) is 5.56 Å². The van der Waals surface area contributed by atoms with Crippen molar-refractivity contribution in [2.45, 2.75) is 11.4 Å². The summed E-state index contributed by atoms with van der Waals surface area (Å²) in [6, 6.07) is 5.97. The van der Waals surface area contributed by atoms with E-state index in [4.69, 9.17) is 0 Å². The van der Waals surface area contributed by atoms with E-state index in [1.54, 1.807) is 12.1 Å². The molecule has 0 spiro atoms. The Morgan fingerprint density at radius 2 is 2.00 bits per heavy atom. The van der Waals surface area contributed by atoms with Crippen LogP contribution in [0.2, 0.25) is 0 Å². The zero-order valence-corrected chi connectivity index (χ0v) is 11.1. The van der Waals surface area contributed by atoms with Gasteiger partial charge in [0, 0.05) is 18.7 Å². The second-order valence-corrected chi connectivity index (χ2v) is 5.72. The van der Waals surface area contributed by atoms with Gasteiger partial charge in [0.1, 0.15) is 0 Å². The molecule has 0 aliphatic carbocycles. The molecule has 1 aromatic carbocycles. The molecule has 8 nitrogen and oxygen atoms in total. The Balaban J connectivity index is 1.92. The third kappa shape index (κ3) is 3.39. The summed E-state index contributed by atoms with van der Waals surface area (Å²) >= 11 is 0. The SMILES string of the molecule is O=[N+]([O-])c1ccc(CCNS(=O)(=O)c2cnc[nH]2)cc1. The van der Waals surface area contributed by atoms with Crippen molar-refractivity contribution in [1.29, 1.82) is 0 Å². The van der Waals surface area contributed by atoms with Crippen LogP contribution in [0.15, 0.2) is 41.8 Å². The third-order valence-electron chi connectivity index (χ3n) is 2.62. The third-order valence-corrected chi connectivity index (χ3v) is 4.00. The highest BCUT2D eigenvalue weighted by Crippen LogP contribution is 2.12. The lowest BCUT2D eigenvalue weighted by Crippen LogP contribution is -2.26. The lowest BCUT2D eigenvalue weighted by molar-refractivity contribution is -0.384. The number of non-ortho nitro benzene ring substituents is 1. The second kappa shape index (κ2) is 5.80. The minimum absolute atomic E-state index is 0.00111. The van der Waals surface area contributed by atoms with Gasteiger partial charge >= 0.3 is 0 Å². The number of imidazole rings is 1. The van der Waals surface area contributed by atoms with Crippen LogP contribution in [0.25, 0.3) is 0 Å². The molecule has 0 unspecified atom stereocenters. The summed E-state index contributed by atoms with van der Waals surface area (Å²) < 4.78 is 25.9. The first-order valence-corrected chi connectivity index (χ1v) is 7.19. The number of hydrogen-bond donors (Lipinski definition) is 2. The summed E-state index contributed by atoms with van der Waals surface area (Å²) in [5, 5.41) is 10.5. The van der Waals surface area contributed by atoms with E-state index in [1.165, 1.54) is 24.7 Å². The van der Waals surface area contributed by atoms with Crippen LogP contribution in [0.5, 0.6) is 0 Å². The van der Waals surface area contributed by atoms with Crippen molar-refractivity contribution in [2.75, 3.05) is 6.54 Å². The highest BCUT2D eigenvalue weighted by Gasteiger charge is 2.14. The first-order valence-electron chi connectivity index (χ1n) is 5.70. The van der Waals surface area contributed by atoms with E-state index in [0.29, 0.717) is 6.42 Å². The second-order valence-electron chi connectivity index (χ2n) is 3.99. The van der Waals surface area contributed by atoms with E-state index in [-0.39, 0.29) is 17.3 Å². The standard InChI is InChI=1S/C11H12N4O4S/c16-15(17)10-3-1-9(2-4-10)5-6-14-20(18,19)11-7-12-8-13-11/h1-4,7-8,14H,5-6H2,(H,12,13). The van der Waals surface area contributed by atoms with Crippen molar-refractivity contribution >= 4 is 15.7 Å². The molecule has 0 aliphatic heterocycles. The average Bonchev–Trinajstić information content (AvgIpc) is 2.94. The molecule has 0 radical (unpaired) electrons. The number of aromatic amines is 1. The molecule has 2 N–H and O–H groups in total. The molecule has 0 aliphatic rings. The predicted octanol–water partition coefficient (Wildman–Crippen LogP) is 0.839. The molecule has 0 fully saturated rings. The fraction of sp³-hybridized carbons (Fsp3) is 0.182. The van der Waals surface area contributed by atoms with Gasteiger partial charge in [-0.3, -0.25) is 10.1 Å². The number of hydrogen-bond acceptors (Lipinski definition) is 5. The fourth-order valence-electron chi connectivity index (χ4n) is 1.58. The van der Waals surface area contributed by atoms with E-state index < -0.39 is 14.9 Å². The molecule has 1 heterocycles. The number of nitro groups is 1. The van der Waals surface area contributed by atoms with Gasteiger partial charge in [0.25, 0.3) is 15.7 Å². The minimum atomic E-state index is -3.58. The van der Waals surface area contributed by atoms with Crippen LogP contribution >= 0.6 is 0 Å². The van der Waals surface area contributed by atoms with Gasteiger partial charge in [0.2, 0.25) is 0 Å². The van der Waals surface area contributed by atoms with E-state index in [2.05, 4.69) is 14.7 Å². The molecule has 2 rings (SSSR count). The number of benzene rings is 1. The summed E-state index contributed by atoms with van der Waals surface area (Å²) in [7, 11) is -3.58. The quantitative estimate of drug-likeness (QED) is 0.605. The Morgan fingerprint density at radius 3 is 2.55 bits per heavy atom. The van der Waals surface area contributed by atoms with Crippen LogP contribution in [-0.4, -0.2) is 29.9 Å². The smallest absolute Gasteiger partial charge is 0.269 e. The molecule has 0 saturated heterocycles. The van der Waals surface area contributed by atoms with Crippen LogP contribution in [0, 0.1) is 10.1 Å². The molecular weight excluding hydrogens is 284 g/mol. The number of rotatable bonds is 6. The summed E-state index contributed by atoms with van der Waals surface area (Å²) in [5.41, 5.74) is 0.815. The van der Waals surface area contributed by atoms with Crippen LogP contribution in [-0.2, 0) is 16.4 Å². The van der Waals surface area contributed by atoms with Gasteiger partial charge in [-0.2, -0.15) is 0 Å². The zero-order chi connectivity index (χ0) is 14.6. The maximum absolute atomic E-state index is 11.8. The number of nitro benzene ring substituents is 1. The van der Waals surface area contributed by atoms with Gasteiger partial charge in [-0.15, -0.1) is 0 Å². The molecule has 0 amide bonds. The molecule has 2 aromatic rings.